The second kappa shape index (κ2) is 28.5. The second-order valence-electron chi connectivity index (χ2n) is 16.5. The number of carbonyl (C=O) groups excluding carboxylic acids is 9. The Morgan fingerprint density at radius 3 is 1.68 bits per heavy atom. The maximum Gasteiger partial charge on any atom is 0.289 e. The van der Waals surface area contributed by atoms with Gasteiger partial charge in [-0.2, -0.15) is 0 Å². The maximum atomic E-state index is 14.2. The molecule has 0 saturated carbocycles. The molecule has 1 aromatic heterocycles. The minimum atomic E-state index is -1.66. The smallest absolute Gasteiger partial charge is 0.289 e. The highest BCUT2D eigenvalue weighted by Gasteiger charge is 2.36. The van der Waals surface area contributed by atoms with Crippen LogP contribution in [0.15, 0.2) is 48.8 Å². The Hall–Kier alpha value is -6.67. The van der Waals surface area contributed by atoms with Crippen molar-refractivity contribution >= 4 is 53.2 Å². The Bertz CT molecular complexity index is 2010. The molecule has 9 atom stereocenters. The predicted octanol–water partition coefficient (Wildman–Crippen LogP) is -5.80. The first-order valence-electron chi connectivity index (χ1n) is 22.3. The first-order chi connectivity index (χ1) is 32.4. The lowest BCUT2D eigenvalue weighted by Crippen LogP contribution is -2.61. The van der Waals surface area contributed by atoms with Crippen LogP contribution in [-0.2, 0) is 44.8 Å². The summed E-state index contributed by atoms with van der Waals surface area (Å²) in [5.74, 6) is -8.72. The summed E-state index contributed by atoms with van der Waals surface area (Å²) >= 11 is 0. The van der Waals surface area contributed by atoms with Gasteiger partial charge >= 0.3 is 0 Å². The lowest BCUT2D eigenvalue weighted by molar-refractivity contribution is -0.136. The van der Waals surface area contributed by atoms with Crippen molar-refractivity contribution in [3.8, 4) is 0 Å². The Balaban J connectivity index is 2.11. The van der Waals surface area contributed by atoms with E-state index < -0.39 is 127 Å². The standard InChI is InChI=1S/C43H66N14O11/c1-23(2)20-30-39(64)52-26(10-14-44)35(60)51-28(12-16-46)38(63)57-33(24(3)59)42(67)49-19-13-29(53-41(66)32(22-58)56-43(68)34-47-17-7-18-48-34)37(62)50-27(11-15-45)36(61)55-31(40(65)54-30)21-25-8-5-4-6-9-25/h4-9,17-18,23-24,26-33,58-59H,10-16,19-22,44-46H2,1-3H3,(H,49,67)(H,50,62)(H,51,60)(H,52,64)(H,53,66)(H,54,65)(H,55,61)(H,56,68)(H,57,63)/t24-,26+,27+,28+,29+,30+,31-,32-,33+/m1/s1. The van der Waals surface area contributed by atoms with E-state index in [9.17, 15) is 53.4 Å². The van der Waals surface area contributed by atoms with E-state index in [1.807, 2.05) is 0 Å². The van der Waals surface area contributed by atoms with Crippen molar-refractivity contribution in [1.82, 2.24) is 57.8 Å². The third kappa shape index (κ3) is 17.9. The van der Waals surface area contributed by atoms with Gasteiger partial charge in [0.2, 0.25) is 53.1 Å². The van der Waals surface area contributed by atoms with Crippen LogP contribution in [0.25, 0.3) is 0 Å². The highest BCUT2D eigenvalue weighted by Crippen LogP contribution is 2.11. The van der Waals surface area contributed by atoms with Gasteiger partial charge < -0.3 is 75.3 Å². The number of amides is 9. The highest BCUT2D eigenvalue weighted by atomic mass is 16.3. The van der Waals surface area contributed by atoms with Crippen LogP contribution in [-0.4, -0.2) is 161 Å². The lowest BCUT2D eigenvalue weighted by atomic mass is 10.00. The molecule has 0 unspecified atom stereocenters. The van der Waals surface area contributed by atoms with Gasteiger partial charge in [0.25, 0.3) is 5.91 Å². The van der Waals surface area contributed by atoms with E-state index in [1.54, 1.807) is 44.2 Å². The molecule has 374 valence electrons. The van der Waals surface area contributed by atoms with Crippen LogP contribution >= 0.6 is 0 Å². The Labute approximate surface area is 393 Å². The van der Waals surface area contributed by atoms with E-state index in [1.165, 1.54) is 25.4 Å². The SMILES string of the molecule is CC(C)C[C@@H]1NC(=O)[C@@H](Cc2ccccc2)NC(=O)[C@H](CCN)NC(=O)[C@@H](NC(=O)[C@@H](CO)NC(=O)c2ncccn2)CCNC(=O)[C@H]([C@@H](C)O)NC(=O)[C@H](CCN)NC(=O)[C@H](CCN)NC1=O. The monoisotopic (exact) mass is 955 g/mol. The predicted molar refractivity (Wildman–Crippen MR) is 244 cm³/mol. The van der Waals surface area contributed by atoms with Crippen LogP contribution in [0.4, 0.5) is 0 Å². The normalized spacial score (nSPS) is 23.8. The minimum Gasteiger partial charge on any atom is -0.394 e. The fraction of sp³-hybridized carbons (Fsp3) is 0.558. The van der Waals surface area contributed by atoms with E-state index in [0.29, 0.717) is 5.56 Å². The van der Waals surface area contributed by atoms with Gasteiger partial charge in [0, 0.05) is 25.4 Å². The summed E-state index contributed by atoms with van der Waals surface area (Å²) in [6.45, 7) is 3.06. The molecule has 0 radical (unpaired) electrons. The zero-order valence-electron chi connectivity index (χ0n) is 38.4. The summed E-state index contributed by atoms with van der Waals surface area (Å²) in [5, 5.41) is 43.3. The molecule has 17 N–H and O–H groups in total. The molecule has 1 saturated heterocycles. The summed E-state index contributed by atoms with van der Waals surface area (Å²) in [7, 11) is 0. The first kappa shape index (κ1) is 55.7. The van der Waals surface area contributed by atoms with Crippen molar-refractivity contribution in [3.63, 3.8) is 0 Å². The molecule has 1 fully saturated rings. The van der Waals surface area contributed by atoms with Gasteiger partial charge in [-0.25, -0.2) is 9.97 Å². The number of aliphatic hydroxyl groups excluding tert-OH is 2. The first-order valence-corrected chi connectivity index (χ1v) is 22.3. The van der Waals surface area contributed by atoms with Crippen molar-refractivity contribution in [2.45, 2.75) is 114 Å². The molecular weight excluding hydrogens is 889 g/mol. The lowest BCUT2D eigenvalue weighted by Gasteiger charge is -2.28. The minimum absolute atomic E-state index is 0.0708. The number of nitrogens with two attached hydrogens (primary N) is 3. The summed E-state index contributed by atoms with van der Waals surface area (Å²) in [4.78, 5) is 131. The van der Waals surface area contributed by atoms with Gasteiger partial charge in [-0.1, -0.05) is 44.2 Å². The summed E-state index contributed by atoms with van der Waals surface area (Å²) in [6, 6.07) is -1.64. The summed E-state index contributed by atoms with van der Waals surface area (Å²) in [5.41, 5.74) is 18.1. The van der Waals surface area contributed by atoms with E-state index in [0.717, 1.165) is 0 Å². The molecule has 25 heteroatoms. The largest absolute Gasteiger partial charge is 0.394 e. The van der Waals surface area contributed by atoms with Crippen molar-refractivity contribution in [1.29, 1.82) is 0 Å². The molecule has 0 spiro atoms. The molecule has 9 amide bonds. The third-order valence-corrected chi connectivity index (χ3v) is 10.5. The van der Waals surface area contributed by atoms with Crippen LogP contribution in [0, 0.1) is 5.92 Å². The molecule has 68 heavy (non-hydrogen) atoms. The maximum absolute atomic E-state index is 14.2. The van der Waals surface area contributed by atoms with Gasteiger partial charge in [-0.3, -0.25) is 43.2 Å². The third-order valence-electron chi connectivity index (χ3n) is 10.5. The van der Waals surface area contributed by atoms with Crippen LogP contribution in [0.5, 0.6) is 0 Å². The summed E-state index contributed by atoms with van der Waals surface area (Å²) in [6.07, 6.45) is 0.154. The fourth-order valence-corrected chi connectivity index (χ4v) is 6.91. The number of carbonyl (C=O) groups is 9. The van der Waals surface area contributed by atoms with Gasteiger partial charge in [0.1, 0.15) is 48.3 Å². The number of hydrogen-bond donors (Lipinski definition) is 14. The zero-order valence-corrected chi connectivity index (χ0v) is 38.4. The molecule has 2 heterocycles. The quantitative estimate of drug-likeness (QED) is 0.0745. The van der Waals surface area contributed by atoms with Crippen LogP contribution in [0.2, 0.25) is 0 Å². The zero-order chi connectivity index (χ0) is 50.3. The van der Waals surface area contributed by atoms with Crippen molar-refractivity contribution in [2.75, 3.05) is 32.8 Å². The second-order valence-corrected chi connectivity index (χ2v) is 16.5. The Morgan fingerprint density at radius 1 is 0.676 bits per heavy atom. The Kier molecular flexibility index (Phi) is 23.3. The number of nitrogens with one attached hydrogen (secondary N) is 9. The topological polar surface area (TPSA) is 406 Å². The van der Waals surface area contributed by atoms with E-state index in [2.05, 4.69) is 57.8 Å². The Morgan fingerprint density at radius 2 is 1.16 bits per heavy atom. The number of rotatable bonds is 16. The van der Waals surface area contributed by atoms with Crippen molar-refractivity contribution < 1.29 is 53.4 Å². The fourth-order valence-electron chi connectivity index (χ4n) is 6.91. The van der Waals surface area contributed by atoms with Crippen LogP contribution in [0.1, 0.15) is 69.1 Å². The highest BCUT2D eigenvalue weighted by molar-refractivity contribution is 5.99. The molecular formula is C43H66N14O11. The van der Waals surface area contributed by atoms with E-state index >= 15 is 0 Å². The molecule has 1 aliphatic heterocycles. The van der Waals surface area contributed by atoms with Gasteiger partial charge in [-0.05, 0) is 76.2 Å². The summed E-state index contributed by atoms with van der Waals surface area (Å²) < 4.78 is 0. The number of aromatic nitrogens is 2. The van der Waals surface area contributed by atoms with E-state index in [-0.39, 0.29) is 63.5 Å². The molecule has 1 aliphatic rings. The number of aliphatic hydroxyl groups is 2. The van der Waals surface area contributed by atoms with Crippen LogP contribution in [0.3, 0.4) is 0 Å². The van der Waals surface area contributed by atoms with Crippen molar-refractivity contribution in [3.05, 3.63) is 60.2 Å². The van der Waals surface area contributed by atoms with Gasteiger partial charge in [-0.15, -0.1) is 0 Å². The van der Waals surface area contributed by atoms with Gasteiger partial charge in [0.15, 0.2) is 0 Å². The number of hydrogen-bond acceptors (Lipinski definition) is 16. The van der Waals surface area contributed by atoms with E-state index in [4.69, 9.17) is 17.2 Å². The molecule has 1 aromatic carbocycles. The average molecular weight is 955 g/mol. The molecule has 0 aliphatic carbocycles. The van der Waals surface area contributed by atoms with Gasteiger partial charge in [0.05, 0.1) is 12.7 Å². The molecule has 3 rings (SSSR count). The molecule has 0 bridgehead atoms. The molecule has 2 aromatic rings. The number of benzene rings is 1. The van der Waals surface area contributed by atoms with Crippen LogP contribution < -0.4 is 65.1 Å². The average Bonchev–Trinajstić information content (AvgIpc) is 3.30. The molecule has 25 nitrogen and oxygen atoms in total. The number of nitrogens with zero attached hydrogens (tertiary/aromatic N) is 2. The van der Waals surface area contributed by atoms with Crippen molar-refractivity contribution in [2.24, 2.45) is 23.1 Å².